The van der Waals surface area contributed by atoms with Crippen molar-refractivity contribution in [1.29, 1.82) is 0 Å². The van der Waals surface area contributed by atoms with E-state index in [1.165, 1.54) is 94.6 Å². The Bertz CT molecular complexity index is 1490. The van der Waals surface area contributed by atoms with E-state index in [2.05, 4.69) is 89.4 Å². The molecule has 7 rings (SSSR count). The van der Waals surface area contributed by atoms with Crippen LogP contribution in [0.15, 0.2) is 59.7 Å². The summed E-state index contributed by atoms with van der Waals surface area (Å²) in [7, 11) is 4.32. The highest BCUT2D eigenvalue weighted by Crippen LogP contribution is 2.73. The van der Waals surface area contributed by atoms with Crippen molar-refractivity contribution < 1.29 is 5.11 Å². The third-order valence-electron chi connectivity index (χ3n) is 16.9. The highest BCUT2D eigenvalue weighted by molar-refractivity contribution is 6.30. The second-order valence-electron chi connectivity index (χ2n) is 20.0. The smallest absolute Gasteiger partial charge is 0.0726 e. The van der Waals surface area contributed by atoms with E-state index in [1.807, 2.05) is 12.1 Å². The van der Waals surface area contributed by atoms with Crippen molar-refractivity contribution in [3.8, 4) is 0 Å². The lowest BCUT2D eigenvalue weighted by Crippen LogP contribution is -2.62. The second kappa shape index (κ2) is 14.4. The molecule has 9 unspecified atom stereocenters. The molecule has 0 aliphatic heterocycles. The van der Waals surface area contributed by atoms with Crippen LogP contribution in [0.25, 0.3) is 0 Å². The fourth-order valence-electron chi connectivity index (χ4n) is 14.4. The molecule has 0 spiro atoms. The van der Waals surface area contributed by atoms with E-state index < -0.39 is 0 Å². The quantitative estimate of drug-likeness (QED) is 0.244. The number of aliphatic hydroxyl groups excluding tert-OH is 1. The molecule has 0 bridgehead atoms. The molecule has 1 N–H and O–H groups in total. The minimum absolute atomic E-state index is 0.0865. The number of hydrogen-bond donors (Lipinski definition) is 1. The molecule has 0 radical (unpaired) electrons. The average Bonchev–Trinajstić information content (AvgIpc) is 3.54. The lowest BCUT2D eigenvalue weighted by Gasteiger charge is -2.68. The summed E-state index contributed by atoms with van der Waals surface area (Å²) in [5.74, 6) is 4.49. The fraction of sp³-hybridized carbons (Fsp3) is 0.745. The van der Waals surface area contributed by atoms with Gasteiger partial charge in [0.1, 0.15) is 0 Å². The van der Waals surface area contributed by atoms with Gasteiger partial charge in [0.2, 0.25) is 0 Å². The van der Waals surface area contributed by atoms with Gasteiger partial charge in [0.15, 0.2) is 0 Å². The van der Waals surface area contributed by atoms with Crippen LogP contribution in [0.4, 0.5) is 0 Å². The van der Waals surface area contributed by atoms with Crippen LogP contribution < -0.4 is 0 Å². The maximum absolute atomic E-state index is 12.4. The number of aliphatic hydroxyl groups is 1. The van der Waals surface area contributed by atoms with Crippen LogP contribution in [0.5, 0.6) is 0 Å². The Kier molecular flexibility index (Phi) is 10.7. The Hall–Kier alpha value is -1.39. The first kappa shape index (κ1) is 37.9. The highest BCUT2D eigenvalue weighted by Gasteiger charge is 2.66. The molecule has 1 aromatic rings. The largest absolute Gasteiger partial charge is 0.391 e. The topological polar surface area (TPSA) is 26.7 Å². The summed E-state index contributed by atoms with van der Waals surface area (Å²) in [6, 6.07) is 8.33. The molecule has 0 heterocycles. The fourth-order valence-corrected chi connectivity index (χ4v) is 14.5. The number of benzene rings is 1. The molecule has 4 heteroatoms. The molecular formula is C47H71ClN2O. The number of rotatable bonds is 10. The minimum atomic E-state index is -0.262. The summed E-state index contributed by atoms with van der Waals surface area (Å²) in [6.45, 7) is 20.8. The first-order valence-electron chi connectivity index (χ1n) is 21.0. The Morgan fingerprint density at radius 3 is 2.33 bits per heavy atom. The number of fused-ring (bicyclic) bond motifs is 7. The molecule has 0 saturated heterocycles. The third kappa shape index (κ3) is 6.69. The number of hydrogen-bond acceptors (Lipinski definition) is 3. The van der Waals surface area contributed by atoms with Gasteiger partial charge in [-0.1, -0.05) is 82.2 Å². The Morgan fingerprint density at radius 1 is 0.882 bits per heavy atom. The molecule has 282 valence electrons. The third-order valence-corrected chi connectivity index (χ3v) is 17.1. The summed E-state index contributed by atoms with van der Waals surface area (Å²) in [5.41, 5.74) is 7.11. The van der Waals surface area contributed by atoms with Gasteiger partial charge >= 0.3 is 0 Å². The number of likely N-dealkylation sites (N-methyl/N-ethyl adjacent to an activating group) is 1. The normalized spacial score (nSPS) is 39.4. The summed E-state index contributed by atoms with van der Waals surface area (Å²) in [4.78, 5) is 4.80. The molecule has 6 aliphatic carbocycles. The van der Waals surface area contributed by atoms with Gasteiger partial charge in [-0.15, -0.1) is 0 Å². The van der Waals surface area contributed by atoms with Crippen LogP contribution in [0.2, 0.25) is 5.02 Å². The summed E-state index contributed by atoms with van der Waals surface area (Å²) in [5, 5.41) is 13.2. The van der Waals surface area contributed by atoms with E-state index in [4.69, 9.17) is 11.6 Å². The molecule has 51 heavy (non-hydrogen) atoms. The van der Waals surface area contributed by atoms with E-state index in [-0.39, 0.29) is 16.9 Å². The van der Waals surface area contributed by atoms with Crippen LogP contribution in [0.3, 0.4) is 0 Å². The molecule has 4 fully saturated rings. The molecular weight excluding hydrogens is 644 g/mol. The van der Waals surface area contributed by atoms with Crippen molar-refractivity contribution in [3.63, 3.8) is 0 Å². The van der Waals surface area contributed by atoms with Crippen LogP contribution in [0, 0.1) is 57.2 Å². The highest BCUT2D eigenvalue weighted by atomic mass is 35.5. The van der Waals surface area contributed by atoms with E-state index in [9.17, 15) is 5.11 Å². The maximum Gasteiger partial charge on any atom is 0.0726 e. The lowest BCUT2D eigenvalue weighted by atomic mass is 9.36. The second-order valence-corrected chi connectivity index (χ2v) is 20.5. The van der Waals surface area contributed by atoms with Crippen LogP contribution in [-0.4, -0.2) is 54.7 Å². The predicted molar refractivity (Wildman–Crippen MR) is 216 cm³/mol. The molecule has 3 nitrogen and oxygen atoms in total. The SMILES string of the molecule is C=C(C)C1CC=C(C2=CCC3(C)C(CCC4(C)C5CCC6(C(O)CN(CCN(C)C)Cc7ccc(Cl)cc7)CCC[C@@H]6C5CCC43)C2(C)C)CC1. The Balaban J connectivity index is 1.09. The minimum Gasteiger partial charge on any atom is -0.391 e. The summed E-state index contributed by atoms with van der Waals surface area (Å²) < 4.78 is 0. The van der Waals surface area contributed by atoms with E-state index in [1.54, 1.807) is 11.1 Å². The van der Waals surface area contributed by atoms with Crippen LogP contribution >= 0.6 is 11.6 Å². The molecule has 4 saturated carbocycles. The van der Waals surface area contributed by atoms with Gasteiger partial charge in [-0.3, -0.25) is 4.90 Å². The lowest BCUT2D eigenvalue weighted by molar-refractivity contribution is -0.191. The van der Waals surface area contributed by atoms with E-state index >= 15 is 0 Å². The average molecular weight is 716 g/mol. The van der Waals surface area contributed by atoms with E-state index in [0.717, 1.165) is 54.9 Å². The predicted octanol–water partition coefficient (Wildman–Crippen LogP) is 11.4. The van der Waals surface area contributed by atoms with Gasteiger partial charge in [0, 0.05) is 36.6 Å². The van der Waals surface area contributed by atoms with Gasteiger partial charge in [0.05, 0.1) is 6.10 Å². The van der Waals surface area contributed by atoms with Gasteiger partial charge < -0.3 is 10.0 Å². The first-order chi connectivity index (χ1) is 24.2. The Morgan fingerprint density at radius 2 is 1.65 bits per heavy atom. The van der Waals surface area contributed by atoms with Crippen molar-refractivity contribution in [2.45, 2.75) is 131 Å². The van der Waals surface area contributed by atoms with Gasteiger partial charge in [0.25, 0.3) is 0 Å². The van der Waals surface area contributed by atoms with Crippen LogP contribution in [-0.2, 0) is 6.54 Å². The van der Waals surface area contributed by atoms with Crippen molar-refractivity contribution in [1.82, 2.24) is 9.80 Å². The molecule has 0 aromatic heterocycles. The van der Waals surface area contributed by atoms with Crippen molar-refractivity contribution >= 4 is 11.6 Å². The molecule has 1 aromatic carbocycles. The number of halogens is 1. The van der Waals surface area contributed by atoms with Gasteiger partial charge in [-0.05, 0) is 179 Å². The van der Waals surface area contributed by atoms with Gasteiger partial charge in [-0.2, -0.15) is 0 Å². The number of nitrogens with zero attached hydrogens (tertiary/aromatic N) is 2. The van der Waals surface area contributed by atoms with Crippen molar-refractivity contribution in [2.24, 2.45) is 57.2 Å². The standard InChI is InChI=1S/C47H71ClN2O/c1-32(2)34-13-15-35(16-14-34)38-21-25-46(6)41(44(38,3)4)23-26-45(5)39-22-27-47(24-9-10-40(47)37(39)19-20-42(45)46)43(51)31-50(29-28-49(7)8)30-33-11-17-36(48)18-12-33/h11-12,15,17-18,21,34,37,39-43,51H,1,9-10,13-14,16,19-20,22-31H2,2-8H3/t34?,37?,39?,40-,41?,42?,43?,45?,46?,47?/m1/s1. The monoisotopic (exact) mass is 715 g/mol. The van der Waals surface area contributed by atoms with Gasteiger partial charge in [-0.25, -0.2) is 0 Å². The zero-order valence-electron chi connectivity index (χ0n) is 33.5. The summed E-state index contributed by atoms with van der Waals surface area (Å²) >= 11 is 6.24. The molecule has 0 amide bonds. The zero-order valence-corrected chi connectivity index (χ0v) is 34.2. The Labute approximate surface area is 317 Å². The molecule has 10 atom stereocenters. The van der Waals surface area contributed by atoms with Crippen LogP contribution in [0.1, 0.15) is 124 Å². The first-order valence-corrected chi connectivity index (χ1v) is 21.4. The van der Waals surface area contributed by atoms with Crippen molar-refractivity contribution in [2.75, 3.05) is 33.7 Å². The van der Waals surface area contributed by atoms with Crippen molar-refractivity contribution in [3.05, 3.63) is 70.3 Å². The molecule has 6 aliphatic rings. The van der Waals surface area contributed by atoms with E-state index in [0.29, 0.717) is 22.7 Å². The summed E-state index contributed by atoms with van der Waals surface area (Å²) in [6.07, 6.45) is 21.9. The number of allylic oxidation sites excluding steroid dienone is 5. The maximum atomic E-state index is 12.4. The zero-order chi connectivity index (χ0) is 36.3.